The van der Waals surface area contributed by atoms with Crippen molar-refractivity contribution in [2.45, 2.75) is 72.4 Å². The van der Waals surface area contributed by atoms with Gasteiger partial charge >= 0.3 is 6.03 Å². The molecule has 0 unspecified atom stereocenters. The van der Waals surface area contributed by atoms with Gasteiger partial charge in [0.05, 0.1) is 0 Å². The Kier molecular flexibility index (Phi) is 8.49. The maximum Gasteiger partial charge on any atom is 0.322 e. The quantitative estimate of drug-likeness (QED) is 0.567. The van der Waals surface area contributed by atoms with Crippen molar-refractivity contribution in [1.82, 2.24) is 4.90 Å². The summed E-state index contributed by atoms with van der Waals surface area (Å²) < 4.78 is 13.3. The van der Waals surface area contributed by atoms with Crippen LogP contribution in [0.1, 0.15) is 76.0 Å². The van der Waals surface area contributed by atoms with E-state index in [-0.39, 0.29) is 11.8 Å². The lowest BCUT2D eigenvalue weighted by atomic mass is 9.90. The molecule has 4 heteroatoms. The highest BCUT2D eigenvalue weighted by atomic mass is 19.1. The van der Waals surface area contributed by atoms with Gasteiger partial charge in [0.2, 0.25) is 0 Å². The topological polar surface area (TPSA) is 32.3 Å². The summed E-state index contributed by atoms with van der Waals surface area (Å²) in [6, 6.07) is 12.8. The molecule has 2 aromatic rings. The first-order valence-corrected chi connectivity index (χ1v) is 10.5. The first-order chi connectivity index (χ1) is 13.6. The van der Waals surface area contributed by atoms with Crippen LogP contribution >= 0.6 is 0 Å². The van der Waals surface area contributed by atoms with Gasteiger partial charge in [-0.05, 0) is 59.7 Å². The fraction of sp³-hybridized carbons (Fsp3) is 0.458. The molecule has 0 fully saturated rings. The lowest BCUT2D eigenvalue weighted by Gasteiger charge is -2.18. The number of carbonyl (C=O) groups excluding carboxylic acids is 1. The molecule has 0 bridgehead atoms. The van der Waals surface area contributed by atoms with Gasteiger partial charge < -0.3 is 10.2 Å². The highest BCUT2D eigenvalue weighted by Crippen LogP contribution is 2.28. The van der Waals surface area contributed by atoms with Crippen LogP contribution in [0.5, 0.6) is 0 Å². The minimum Gasteiger partial charge on any atom is -0.316 e. The molecule has 0 atom stereocenters. The number of urea groups is 1. The summed E-state index contributed by atoms with van der Waals surface area (Å²) in [5, 5.41) is 2.96. The summed E-state index contributed by atoms with van der Waals surface area (Å²) in [5.41, 5.74) is 4.04. The number of nitrogens with one attached hydrogen (secondary N) is 1. The molecule has 3 rings (SSSR count). The molecule has 152 valence electrons. The molecule has 1 N–H and O–H groups in total. The molecule has 0 spiro atoms. The van der Waals surface area contributed by atoms with E-state index in [2.05, 4.69) is 31.3 Å². The van der Waals surface area contributed by atoms with E-state index in [1.807, 2.05) is 26.0 Å². The molecule has 2 amide bonds. The summed E-state index contributed by atoms with van der Waals surface area (Å²) in [5.74, 6) is 0.341. The summed E-state index contributed by atoms with van der Waals surface area (Å²) in [4.78, 5) is 14.2. The van der Waals surface area contributed by atoms with Gasteiger partial charge in [-0.25, -0.2) is 9.18 Å². The van der Waals surface area contributed by atoms with Crippen molar-refractivity contribution < 1.29 is 9.18 Å². The lowest BCUT2D eigenvalue weighted by Crippen LogP contribution is -2.30. The van der Waals surface area contributed by atoms with Crippen LogP contribution in [0.3, 0.4) is 0 Å². The van der Waals surface area contributed by atoms with Gasteiger partial charge in [0.15, 0.2) is 0 Å². The number of carbonyl (C=O) groups is 1. The van der Waals surface area contributed by atoms with E-state index in [0.717, 1.165) is 16.8 Å². The maximum atomic E-state index is 13.3. The second-order valence-corrected chi connectivity index (χ2v) is 7.10. The van der Waals surface area contributed by atoms with Crippen molar-refractivity contribution in [3.05, 3.63) is 65.0 Å². The molecule has 2 aromatic carbocycles. The average molecular weight is 385 g/mol. The number of fused-ring (bicyclic) bond motifs is 1. The number of hydrogen-bond donors (Lipinski definition) is 1. The van der Waals surface area contributed by atoms with Crippen molar-refractivity contribution in [2.75, 3.05) is 5.32 Å². The predicted octanol–water partition coefficient (Wildman–Crippen LogP) is 7.08. The summed E-state index contributed by atoms with van der Waals surface area (Å²) in [6.45, 7) is 9.41. The largest absolute Gasteiger partial charge is 0.322 e. The molecule has 0 radical (unpaired) electrons. The fourth-order valence-electron chi connectivity index (χ4n) is 3.72. The van der Waals surface area contributed by atoms with Crippen LogP contribution in [0.4, 0.5) is 14.9 Å². The van der Waals surface area contributed by atoms with Crippen LogP contribution in [0, 0.1) is 5.82 Å². The Hall–Kier alpha value is -2.36. The summed E-state index contributed by atoms with van der Waals surface area (Å²) >= 11 is 0. The average Bonchev–Trinajstić information content (AvgIpc) is 3.13. The van der Waals surface area contributed by atoms with Crippen molar-refractivity contribution >= 4 is 11.7 Å². The third kappa shape index (κ3) is 5.57. The van der Waals surface area contributed by atoms with E-state index >= 15 is 0 Å². The third-order valence-electron chi connectivity index (χ3n) is 5.09. The molecular weight excluding hydrogens is 351 g/mol. The van der Waals surface area contributed by atoms with Crippen molar-refractivity contribution in [2.24, 2.45) is 0 Å². The SMILES string of the molecule is CC.CCCC(CCC)c1ccc(NC(=O)N2Cc3ccc(F)cc3C2)cc1. The van der Waals surface area contributed by atoms with Crippen LogP contribution in [-0.2, 0) is 13.1 Å². The molecule has 1 aliphatic heterocycles. The highest BCUT2D eigenvalue weighted by molar-refractivity contribution is 5.89. The molecule has 0 saturated heterocycles. The summed E-state index contributed by atoms with van der Waals surface area (Å²) in [6.07, 6.45) is 4.75. The Balaban J connectivity index is 0.00000136. The molecule has 1 heterocycles. The lowest BCUT2D eigenvalue weighted by molar-refractivity contribution is 0.212. The third-order valence-corrected chi connectivity index (χ3v) is 5.09. The van der Waals surface area contributed by atoms with E-state index in [0.29, 0.717) is 19.0 Å². The number of amides is 2. The van der Waals surface area contributed by atoms with E-state index in [1.54, 1.807) is 11.0 Å². The molecule has 0 aliphatic carbocycles. The Bertz CT molecular complexity index is 752. The van der Waals surface area contributed by atoms with E-state index in [1.165, 1.54) is 43.4 Å². The molecule has 0 saturated carbocycles. The van der Waals surface area contributed by atoms with E-state index < -0.39 is 0 Å². The Morgan fingerprint density at radius 1 is 1.00 bits per heavy atom. The minimum atomic E-state index is -0.254. The molecule has 0 aromatic heterocycles. The number of benzene rings is 2. The van der Waals surface area contributed by atoms with Crippen LogP contribution in [0.25, 0.3) is 0 Å². The number of anilines is 1. The standard InChI is InChI=1S/C22H27FN2O.C2H6/c1-3-5-16(6-4-2)17-8-11-21(12-9-17)24-22(26)25-14-18-7-10-20(23)13-19(18)15-25;1-2/h7-13,16H,3-6,14-15H2,1-2H3,(H,24,26);1-2H3. The zero-order valence-electron chi connectivity index (χ0n) is 17.6. The monoisotopic (exact) mass is 384 g/mol. The number of rotatable bonds is 6. The Morgan fingerprint density at radius 2 is 1.61 bits per heavy atom. The number of hydrogen-bond acceptors (Lipinski definition) is 1. The summed E-state index contributed by atoms with van der Waals surface area (Å²) in [7, 11) is 0. The predicted molar refractivity (Wildman–Crippen MR) is 115 cm³/mol. The van der Waals surface area contributed by atoms with Gasteiger partial charge in [0.25, 0.3) is 0 Å². The molecule has 28 heavy (non-hydrogen) atoms. The van der Waals surface area contributed by atoms with Gasteiger partial charge in [-0.15, -0.1) is 0 Å². The van der Waals surface area contributed by atoms with Crippen molar-refractivity contribution in [1.29, 1.82) is 0 Å². The zero-order valence-corrected chi connectivity index (χ0v) is 17.6. The van der Waals surface area contributed by atoms with Gasteiger partial charge in [0.1, 0.15) is 5.82 Å². The van der Waals surface area contributed by atoms with E-state index in [4.69, 9.17) is 0 Å². The van der Waals surface area contributed by atoms with Gasteiger partial charge in [0, 0.05) is 18.8 Å². The van der Waals surface area contributed by atoms with Gasteiger partial charge in [-0.1, -0.05) is 58.7 Å². The Morgan fingerprint density at radius 3 is 2.21 bits per heavy atom. The fourth-order valence-corrected chi connectivity index (χ4v) is 3.72. The van der Waals surface area contributed by atoms with E-state index in [9.17, 15) is 9.18 Å². The smallest absolute Gasteiger partial charge is 0.316 e. The Labute approximate surface area is 169 Å². The molecule has 3 nitrogen and oxygen atoms in total. The first kappa shape index (κ1) is 21.9. The number of halogens is 1. The van der Waals surface area contributed by atoms with Crippen LogP contribution in [0.15, 0.2) is 42.5 Å². The normalized spacial score (nSPS) is 12.4. The zero-order chi connectivity index (χ0) is 20.5. The molecular formula is C24H33FN2O. The number of nitrogens with zero attached hydrogens (tertiary/aromatic N) is 1. The van der Waals surface area contributed by atoms with Crippen LogP contribution in [-0.4, -0.2) is 10.9 Å². The maximum absolute atomic E-state index is 13.3. The molecule has 1 aliphatic rings. The second-order valence-electron chi connectivity index (χ2n) is 7.10. The van der Waals surface area contributed by atoms with Crippen LogP contribution < -0.4 is 5.32 Å². The highest BCUT2D eigenvalue weighted by Gasteiger charge is 2.23. The van der Waals surface area contributed by atoms with Crippen LogP contribution in [0.2, 0.25) is 0 Å². The van der Waals surface area contributed by atoms with Crippen molar-refractivity contribution in [3.8, 4) is 0 Å². The van der Waals surface area contributed by atoms with Gasteiger partial charge in [-0.3, -0.25) is 0 Å². The van der Waals surface area contributed by atoms with Gasteiger partial charge in [-0.2, -0.15) is 0 Å². The first-order valence-electron chi connectivity index (χ1n) is 10.5. The van der Waals surface area contributed by atoms with Crippen molar-refractivity contribution in [3.63, 3.8) is 0 Å². The second kappa shape index (κ2) is 10.8. The minimum absolute atomic E-state index is 0.145.